The molecule has 1 N–H and O–H groups in total. The molecule has 4 rings (SSSR count). The molecule has 3 heterocycles. The zero-order valence-corrected chi connectivity index (χ0v) is 19.3. The molecule has 0 bridgehead atoms. The van der Waals surface area contributed by atoms with Gasteiger partial charge in [0.1, 0.15) is 5.75 Å². The molecule has 1 unspecified atom stereocenters. The topological polar surface area (TPSA) is 74.8 Å². The van der Waals surface area contributed by atoms with E-state index in [1.807, 2.05) is 5.38 Å². The van der Waals surface area contributed by atoms with Gasteiger partial charge in [-0.1, -0.05) is 18.5 Å². The number of hydrogen-bond donors (Lipinski definition) is 1. The molecule has 2 aromatic rings. The van der Waals surface area contributed by atoms with Gasteiger partial charge in [-0.25, -0.2) is 4.98 Å². The predicted octanol–water partition coefficient (Wildman–Crippen LogP) is 4.03. The average molecular weight is 463 g/mol. The largest absolute Gasteiger partial charge is 0.495 e. The van der Waals surface area contributed by atoms with Gasteiger partial charge in [-0.2, -0.15) is 0 Å². The third kappa shape index (κ3) is 5.19. The number of nitrogens with zero attached hydrogens (tertiary/aromatic N) is 3. The van der Waals surface area contributed by atoms with Crippen molar-refractivity contribution in [1.29, 1.82) is 0 Å². The van der Waals surface area contributed by atoms with Crippen molar-refractivity contribution in [1.82, 2.24) is 9.88 Å². The summed E-state index contributed by atoms with van der Waals surface area (Å²) in [6.07, 6.45) is 2.58. The van der Waals surface area contributed by atoms with E-state index in [0.717, 1.165) is 31.2 Å². The third-order valence-electron chi connectivity index (χ3n) is 5.97. The van der Waals surface area contributed by atoms with Gasteiger partial charge in [0, 0.05) is 29.9 Å². The van der Waals surface area contributed by atoms with E-state index in [4.69, 9.17) is 16.3 Å². The van der Waals surface area contributed by atoms with Crippen LogP contribution in [0.25, 0.3) is 0 Å². The van der Waals surface area contributed by atoms with Gasteiger partial charge in [0.05, 0.1) is 24.4 Å². The number of halogens is 1. The van der Waals surface area contributed by atoms with Gasteiger partial charge in [0.25, 0.3) is 0 Å². The standard InChI is InChI=1S/C22H27ClN4O3S/c1-14-5-7-26(8-6-14)12-17-13-31-22(24-17)25-21(29)15-9-20(28)27(11-15)18-10-16(23)3-4-19(18)30-2/h3-4,10,13-15H,5-9,11-12H2,1-2H3,(H,24,25,29). The summed E-state index contributed by atoms with van der Waals surface area (Å²) in [6.45, 7) is 5.57. The minimum Gasteiger partial charge on any atom is -0.495 e. The third-order valence-corrected chi connectivity index (χ3v) is 7.01. The Balaban J connectivity index is 1.36. The van der Waals surface area contributed by atoms with Crippen molar-refractivity contribution < 1.29 is 14.3 Å². The number of thiazole rings is 1. The average Bonchev–Trinajstić information content (AvgIpc) is 3.36. The summed E-state index contributed by atoms with van der Waals surface area (Å²) in [5.41, 5.74) is 1.56. The highest BCUT2D eigenvalue weighted by Gasteiger charge is 2.36. The zero-order chi connectivity index (χ0) is 22.0. The molecule has 0 saturated carbocycles. The van der Waals surface area contributed by atoms with E-state index in [0.29, 0.717) is 21.6 Å². The number of hydrogen-bond acceptors (Lipinski definition) is 6. The zero-order valence-electron chi connectivity index (χ0n) is 17.8. The van der Waals surface area contributed by atoms with Crippen LogP contribution in [-0.4, -0.2) is 48.4 Å². The van der Waals surface area contributed by atoms with Crippen LogP contribution in [0.5, 0.6) is 5.75 Å². The summed E-state index contributed by atoms with van der Waals surface area (Å²) in [5, 5.41) is 5.98. The van der Waals surface area contributed by atoms with Crippen molar-refractivity contribution in [3.8, 4) is 5.75 Å². The number of piperidine rings is 1. The molecule has 2 fully saturated rings. The number of methoxy groups -OCH3 is 1. The molecular weight excluding hydrogens is 436 g/mol. The van der Waals surface area contributed by atoms with Crippen molar-refractivity contribution in [2.45, 2.75) is 32.7 Å². The second kappa shape index (κ2) is 9.54. The lowest BCUT2D eigenvalue weighted by Crippen LogP contribution is -2.32. The minimum absolute atomic E-state index is 0.125. The Morgan fingerprint density at radius 2 is 2.13 bits per heavy atom. The fourth-order valence-electron chi connectivity index (χ4n) is 4.08. The number of amides is 2. The monoisotopic (exact) mass is 462 g/mol. The van der Waals surface area contributed by atoms with E-state index in [2.05, 4.69) is 22.1 Å². The molecule has 1 aromatic heterocycles. The predicted molar refractivity (Wildman–Crippen MR) is 123 cm³/mol. The highest BCUT2D eigenvalue weighted by atomic mass is 35.5. The maximum Gasteiger partial charge on any atom is 0.231 e. The molecule has 1 aromatic carbocycles. The first-order chi connectivity index (χ1) is 14.9. The van der Waals surface area contributed by atoms with Gasteiger partial charge < -0.3 is 15.0 Å². The Morgan fingerprint density at radius 3 is 2.87 bits per heavy atom. The maximum absolute atomic E-state index is 12.8. The molecule has 166 valence electrons. The molecule has 0 aliphatic carbocycles. The van der Waals surface area contributed by atoms with Crippen molar-refractivity contribution in [3.63, 3.8) is 0 Å². The van der Waals surface area contributed by atoms with Gasteiger partial charge in [0.15, 0.2) is 5.13 Å². The number of likely N-dealkylation sites (tertiary alicyclic amines) is 1. The van der Waals surface area contributed by atoms with Crippen molar-refractivity contribution in [2.75, 3.05) is 37.0 Å². The van der Waals surface area contributed by atoms with Gasteiger partial charge in [-0.15, -0.1) is 11.3 Å². The maximum atomic E-state index is 12.8. The van der Waals surface area contributed by atoms with E-state index >= 15 is 0 Å². The van der Waals surface area contributed by atoms with Crippen LogP contribution in [0.15, 0.2) is 23.6 Å². The Hall–Kier alpha value is -2.16. The summed E-state index contributed by atoms with van der Waals surface area (Å²) in [5.74, 6) is 0.578. The van der Waals surface area contributed by atoms with Crippen LogP contribution >= 0.6 is 22.9 Å². The number of ether oxygens (including phenoxy) is 1. The first-order valence-corrected chi connectivity index (χ1v) is 11.8. The van der Waals surface area contributed by atoms with Crippen molar-refractivity contribution in [3.05, 3.63) is 34.3 Å². The fraction of sp³-hybridized carbons (Fsp3) is 0.500. The number of nitrogens with one attached hydrogen (secondary N) is 1. The van der Waals surface area contributed by atoms with Crippen LogP contribution < -0.4 is 15.0 Å². The van der Waals surface area contributed by atoms with E-state index in [1.54, 1.807) is 30.2 Å². The highest BCUT2D eigenvalue weighted by molar-refractivity contribution is 7.13. The van der Waals surface area contributed by atoms with Crippen molar-refractivity contribution >= 4 is 45.6 Å². The number of rotatable bonds is 6. The molecule has 31 heavy (non-hydrogen) atoms. The molecular formula is C22H27ClN4O3S. The van der Waals surface area contributed by atoms with Gasteiger partial charge in [-0.3, -0.25) is 14.5 Å². The fourth-order valence-corrected chi connectivity index (χ4v) is 4.95. The number of aromatic nitrogens is 1. The number of carbonyl (C=O) groups excluding carboxylic acids is 2. The van der Waals surface area contributed by atoms with Crippen LogP contribution in [0.2, 0.25) is 5.02 Å². The quantitative estimate of drug-likeness (QED) is 0.701. The van der Waals surface area contributed by atoms with E-state index in [-0.39, 0.29) is 24.8 Å². The molecule has 2 amide bonds. The molecule has 0 radical (unpaired) electrons. The van der Waals surface area contributed by atoms with Crippen LogP contribution in [-0.2, 0) is 16.1 Å². The summed E-state index contributed by atoms with van der Waals surface area (Å²) in [6, 6.07) is 5.12. The highest BCUT2D eigenvalue weighted by Crippen LogP contribution is 2.35. The molecule has 2 aliphatic heterocycles. The molecule has 7 nitrogen and oxygen atoms in total. The van der Waals surface area contributed by atoms with Crippen LogP contribution in [0.1, 0.15) is 31.9 Å². The summed E-state index contributed by atoms with van der Waals surface area (Å²) in [4.78, 5) is 34.0. The molecule has 0 spiro atoms. The molecule has 2 saturated heterocycles. The summed E-state index contributed by atoms with van der Waals surface area (Å²) in [7, 11) is 1.54. The molecule has 9 heteroatoms. The van der Waals surface area contributed by atoms with Crippen LogP contribution in [0.4, 0.5) is 10.8 Å². The van der Waals surface area contributed by atoms with E-state index in [9.17, 15) is 9.59 Å². The second-order valence-electron chi connectivity index (χ2n) is 8.31. The number of carbonyl (C=O) groups is 2. The number of benzene rings is 1. The smallest absolute Gasteiger partial charge is 0.231 e. The first kappa shape index (κ1) is 22.0. The lowest BCUT2D eigenvalue weighted by Gasteiger charge is -2.29. The Bertz CT molecular complexity index is 958. The summed E-state index contributed by atoms with van der Waals surface area (Å²) < 4.78 is 5.36. The number of anilines is 2. The molecule has 2 aliphatic rings. The Kier molecular flexibility index (Phi) is 6.79. The minimum atomic E-state index is -0.452. The SMILES string of the molecule is COc1ccc(Cl)cc1N1CC(C(=O)Nc2nc(CN3CCC(C)CC3)cs2)CC1=O. The summed E-state index contributed by atoms with van der Waals surface area (Å²) >= 11 is 7.53. The normalized spacial score (nSPS) is 20.3. The van der Waals surface area contributed by atoms with E-state index < -0.39 is 5.92 Å². The Morgan fingerprint density at radius 1 is 1.35 bits per heavy atom. The lowest BCUT2D eigenvalue weighted by atomic mass is 9.99. The molecule has 1 atom stereocenters. The lowest BCUT2D eigenvalue weighted by molar-refractivity contribution is -0.122. The van der Waals surface area contributed by atoms with Crippen molar-refractivity contribution in [2.24, 2.45) is 11.8 Å². The van der Waals surface area contributed by atoms with Gasteiger partial charge in [0.2, 0.25) is 11.8 Å². The van der Waals surface area contributed by atoms with Crippen LogP contribution in [0.3, 0.4) is 0 Å². The second-order valence-corrected chi connectivity index (χ2v) is 9.61. The van der Waals surface area contributed by atoms with E-state index in [1.165, 1.54) is 24.2 Å². The van der Waals surface area contributed by atoms with Crippen LogP contribution in [0, 0.1) is 11.8 Å². The van der Waals surface area contributed by atoms with Gasteiger partial charge >= 0.3 is 0 Å². The Labute approximate surface area is 191 Å². The van der Waals surface area contributed by atoms with Gasteiger partial charge in [-0.05, 0) is 50.0 Å². The first-order valence-electron chi connectivity index (χ1n) is 10.5.